The van der Waals surface area contributed by atoms with Gasteiger partial charge in [-0.3, -0.25) is 9.59 Å². The molecule has 0 unspecified atom stereocenters. The number of anilines is 1. The van der Waals surface area contributed by atoms with Crippen LogP contribution in [0.3, 0.4) is 0 Å². The van der Waals surface area contributed by atoms with Gasteiger partial charge in [0.25, 0.3) is 11.8 Å². The van der Waals surface area contributed by atoms with Crippen molar-refractivity contribution in [2.75, 3.05) is 30.7 Å². The summed E-state index contributed by atoms with van der Waals surface area (Å²) in [6.45, 7) is 7.51. The lowest BCUT2D eigenvalue weighted by Gasteiger charge is -2.17. The first kappa shape index (κ1) is 28.4. The molecule has 0 fully saturated rings. The van der Waals surface area contributed by atoms with E-state index in [2.05, 4.69) is 34.6 Å². The van der Waals surface area contributed by atoms with Crippen LogP contribution in [-0.2, 0) is 5.75 Å². The van der Waals surface area contributed by atoms with Gasteiger partial charge in [0.2, 0.25) is 0 Å². The lowest BCUT2D eigenvalue weighted by Crippen LogP contribution is -2.25. The van der Waals surface area contributed by atoms with E-state index in [1.54, 1.807) is 36.4 Å². The van der Waals surface area contributed by atoms with Gasteiger partial charge < -0.3 is 10.2 Å². The first-order valence-corrected chi connectivity index (χ1v) is 13.5. The number of rotatable bonds is 12. The molecule has 0 heterocycles. The largest absolute Gasteiger partial charge is 0.321 e. The van der Waals surface area contributed by atoms with Crippen LogP contribution < -0.4 is 10.7 Å². The van der Waals surface area contributed by atoms with Crippen LogP contribution in [0.5, 0.6) is 0 Å². The fourth-order valence-corrected chi connectivity index (χ4v) is 4.63. The first-order chi connectivity index (χ1) is 17.9. The van der Waals surface area contributed by atoms with Gasteiger partial charge in [0, 0.05) is 28.6 Å². The molecular formula is C28H30ClFN4O2S. The van der Waals surface area contributed by atoms with E-state index in [1.165, 1.54) is 24.4 Å². The Kier molecular flexibility index (Phi) is 11.1. The highest BCUT2D eigenvalue weighted by Gasteiger charge is 2.15. The number of benzene rings is 3. The molecule has 0 aromatic heterocycles. The molecule has 0 aliphatic rings. The number of carbonyl (C=O) groups excluding carboxylic acids is 2. The molecule has 2 N–H and O–H groups in total. The average molecular weight is 541 g/mol. The van der Waals surface area contributed by atoms with E-state index in [1.807, 2.05) is 23.9 Å². The normalized spacial score (nSPS) is 11.2. The molecule has 0 spiro atoms. The quantitative estimate of drug-likeness (QED) is 0.166. The Morgan fingerprint density at radius 3 is 2.49 bits per heavy atom. The predicted molar refractivity (Wildman–Crippen MR) is 151 cm³/mol. The Balaban J connectivity index is 1.60. The summed E-state index contributed by atoms with van der Waals surface area (Å²) in [6, 6.07) is 17.8. The van der Waals surface area contributed by atoms with Crippen molar-refractivity contribution in [2.24, 2.45) is 5.10 Å². The molecule has 0 saturated heterocycles. The van der Waals surface area contributed by atoms with Gasteiger partial charge >= 0.3 is 0 Å². The van der Waals surface area contributed by atoms with Crippen LogP contribution in [0.2, 0.25) is 5.02 Å². The molecule has 37 heavy (non-hydrogen) atoms. The van der Waals surface area contributed by atoms with E-state index >= 15 is 0 Å². The van der Waals surface area contributed by atoms with Crippen molar-refractivity contribution < 1.29 is 14.0 Å². The van der Waals surface area contributed by atoms with Gasteiger partial charge in [-0.2, -0.15) is 16.9 Å². The van der Waals surface area contributed by atoms with E-state index in [0.717, 1.165) is 36.7 Å². The minimum atomic E-state index is -0.567. The average Bonchev–Trinajstić information content (AvgIpc) is 2.90. The molecule has 3 rings (SSSR count). The number of halogens is 2. The zero-order chi connectivity index (χ0) is 26.6. The van der Waals surface area contributed by atoms with Crippen LogP contribution in [0.4, 0.5) is 10.1 Å². The van der Waals surface area contributed by atoms with Gasteiger partial charge in [0.05, 0.1) is 17.5 Å². The van der Waals surface area contributed by atoms with Crippen molar-refractivity contribution in [1.82, 2.24) is 10.3 Å². The van der Waals surface area contributed by atoms with Gasteiger partial charge in [-0.05, 0) is 66.7 Å². The number of carbonyl (C=O) groups is 2. The third-order valence-electron chi connectivity index (χ3n) is 5.63. The minimum absolute atomic E-state index is 0.151. The van der Waals surface area contributed by atoms with Crippen LogP contribution in [0.1, 0.15) is 45.7 Å². The summed E-state index contributed by atoms with van der Waals surface area (Å²) in [5.74, 6) is 0.610. The molecule has 0 aliphatic heterocycles. The van der Waals surface area contributed by atoms with Gasteiger partial charge in [0.15, 0.2) is 0 Å². The molecule has 0 atom stereocenters. The Morgan fingerprint density at radius 1 is 1.03 bits per heavy atom. The van der Waals surface area contributed by atoms with E-state index < -0.39 is 11.7 Å². The second-order valence-corrected chi connectivity index (χ2v) is 9.72. The second kappa shape index (κ2) is 14.5. The number of thioether (sulfide) groups is 1. The summed E-state index contributed by atoms with van der Waals surface area (Å²) in [7, 11) is 0. The molecule has 6 nitrogen and oxygen atoms in total. The lowest BCUT2D eigenvalue weighted by molar-refractivity contribution is 0.0956. The number of amides is 2. The third kappa shape index (κ3) is 9.00. The molecule has 3 aromatic carbocycles. The maximum atomic E-state index is 13.3. The fraction of sp³-hybridized carbons (Fsp3) is 0.250. The van der Waals surface area contributed by atoms with Crippen molar-refractivity contribution in [2.45, 2.75) is 19.6 Å². The highest BCUT2D eigenvalue weighted by Crippen LogP contribution is 2.22. The Morgan fingerprint density at radius 2 is 1.78 bits per heavy atom. The molecule has 0 saturated carbocycles. The summed E-state index contributed by atoms with van der Waals surface area (Å²) < 4.78 is 13.3. The van der Waals surface area contributed by atoms with Crippen LogP contribution >= 0.6 is 23.4 Å². The smallest absolute Gasteiger partial charge is 0.273 e. The van der Waals surface area contributed by atoms with E-state index in [-0.39, 0.29) is 11.5 Å². The highest BCUT2D eigenvalue weighted by atomic mass is 35.5. The topological polar surface area (TPSA) is 73.8 Å². The molecule has 0 aliphatic carbocycles. The summed E-state index contributed by atoms with van der Waals surface area (Å²) in [5.41, 5.74) is 4.94. The summed E-state index contributed by atoms with van der Waals surface area (Å²) in [5, 5.41) is 6.99. The maximum Gasteiger partial charge on any atom is 0.273 e. The molecule has 0 radical (unpaired) electrons. The summed E-state index contributed by atoms with van der Waals surface area (Å²) in [6.07, 6.45) is 1.33. The van der Waals surface area contributed by atoms with Gasteiger partial charge in [-0.25, -0.2) is 9.82 Å². The molecule has 9 heteroatoms. The SMILES string of the molecule is CCN(CC)CCSCc1ccc(C(=O)Nc2ccc(Cl)cc2C(=O)N/N=C/c2cccc(F)c2)cc1. The van der Waals surface area contributed by atoms with E-state index in [0.29, 0.717) is 21.8 Å². The van der Waals surface area contributed by atoms with Crippen LogP contribution in [0.15, 0.2) is 71.8 Å². The van der Waals surface area contributed by atoms with Crippen LogP contribution in [0, 0.1) is 5.82 Å². The number of hydrogen-bond acceptors (Lipinski definition) is 5. The first-order valence-electron chi connectivity index (χ1n) is 12.0. The zero-order valence-corrected chi connectivity index (χ0v) is 22.4. The van der Waals surface area contributed by atoms with Gasteiger partial charge in [-0.1, -0.05) is 49.7 Å². The van der Waals surface area contributed by atoms with Crippen molar-refractivity contribution in [3.8, 4) is 0 Å². The van der Waals surface area contributed by atoms with Gasteiger partial charge in [-0.15, -0.1) is 0 Å². The Hall–Kier alpha value is -3.20. The number of nitrogens with one attached hydrogen (secondary N) is 2. The van der Waals surface area contributed by atoms with E-state index in [4.69, 9.17) is 11.6 Å². The van der Waals surface area contributed by atoms with Crippen molar-refractivity contribution in [3.05, 3.63) is 99.8 Å². The van der Waals surface area contributed by atoms with Crippen molar-refractivity contribution in [1.29, 1.82) is 0 Å². The third-order valence-corrected chi connectivity index (χ3v) is 6.88. The van der Waals surface area contributed by atoms with Crippen molar-refractivity contribution >= 4 is 47.1 Å². The minimum Gasteiger partial charge on any atom is -0.321 e. The molecule has 3 aromatic rings. The predicted octanol–water partition coefficient (Wildman–Crippen LogP) is 6.07. The highest BCUT2D eigenvalue weighted by molar-refractivity contribution is 7.98. The fourth-order valence-electron chi connectivity index (χ4n) is 3.50. The maximum absolute atomic E-state index is 13.3. The molecule has 194 valence electrons. The molecule has 0 bridgehead atoms. The number of hydrogen-bond donors (Lipinski definition) is 2. The zero-order valence-electron chi connectivity index (χ0n) is 20.8. The standard InChI is InChI=1S/C28H30ClFN4O2S/c1-3-34(4-2)14-15-37-19-20-8-10-22(11-9-20)27(35)32-26-13-12-23(29)17-25(26)28(36)33-31-18-21-6-5-7-24(30)16-21/h5-13,16-18H,3-4,14-15,19H2,1-2H3,(H,32,35)(H,33,36)/b31-18+. The summed E-state index contributed by atoms with van der Waals surface area (Å²) >= 11 is 7.95. The second-order valence-electron chi connectivity index (χ2n) is 8.17. The van der Waals surface area contributed by atoms with Crippen molar-refractivity contribution in [3.63, 3.8) is 0 Å². The van der Waals surface area contributed by atoms with Crippen LogP contribution in [-0.4, -0.2) is 48.3 Å². The summed E-state index contributed by atoms with van der Waals surface area (Å²) in [4.78, 5) is 28.0. The van der Waals surface area contributed by atoms with E-state index in [9.17, 15) is 14.0 Å². The lowest BCUT2D eigenvalue weighted by atomic mass is 10.1. The molecule has 2 amide bonds. The monoisotopic (exact) mass is 540 g/mol. The van der Waals surface area contributed by atoms with Gasteiger partial charge in [0.1, 0.15) is 5.82 Å². The number of nitrogens with zero attached hydrogens (tertiary/aromatic N) is 2. The Labute approximate surface area is 226 Å². The number of hydrazone groups is 1. The Bertz CT molecular complexity index is 1230. The van der Waals surface area contributed by atoms with Crippen LogP contribution in [0.25, 0.3) is 0 Å². The molecular weight excluding hydrogens is 511 g/mol.